The fourth-order valence-electron chi connectivity index (χ4n) is 1.55. The van der Waals surface area contributed by atoms with Gasteiger partial charge in [0.05, 0.1) is 5.02 Å². The Hall–Kier alpha value is -0.770. The number of rotatable bonds is 9. The molecule has 4 heteroatoms. The first-order valence-electron chi connectivity index (χ1n) is 6.43. The summed E-state index contributed by atoms with van der Waals surface area (Å²) in [5.41, 5.74) is 0. The molecule has 0 fully saturated rings. The van der Waals surface area contributed by atoms with Crippen LogP contribution in [0.15, 0.2) is 24.3 Å². The van der Waals surface area contributed by atoms with Crippen molar-refractivity contribution in [2.24, 2.45) is 0 Å². The Morgan fingerprint density at radius 2 is 2.11 bits per heavy atom. The third-order valence-corrected chi connectivity index (χ3v) is 2.76. The van der Waals surface area contributed by atoms with E-state index in [0.29, 0.717) is 5.02 Å². The van der Waals surface area contributed by atoms with E-state index in [4.69, 9.17) is 21.1 Å². The highest BCUT2D eigenvalue weighted by atomic mass is 35.5. The van der Waals surface area contributed by atoms with Crippen LogP contribution in [0.2, 0.25) is 5.02 Å². The number of hydrogen-bond donors (Lipinski definition) is 1. The highest BCUT2D eigenvalue weighted by Crippen LogP contribution is 2.23. The fourth-order valence-corrected chi connectivity index (χ4v) is 1.73. The SMILES string of the molecule is CCOCCCNCC(C)Oc1ccccc1Cl. The van der Waals surface area contributed by atoms with Crippen molar-refractivity contribution < 1.29 is 9.47 Å². The van der Waals surface area contributed by atoms with Crippen molar-refractivity contribution in [1.29, 1.82) is 0 Å². The standard InChI is InChI=1S/C14H22ClNO2/c1-3-17-10-6-9-16-11-12(2)18-14-8-5-4-7-13(14)15/h4-5,7-8,12,16H,3,6,9-11H2,1-2H3. The van der Waals surface area contributed by atoms with Gasteiger partial charge in [-0.2, -0.15) is 0 Å². The van der Waals surface area contributed by atoms with Crippen LogP contribution in [0, 0.1) is 0 Å². The molecule has 1 aromatic carbocycles. The summed E-state index contributed by atoms with van der Waals surface area (Å²) < 4.78 is 11.0. The van der Waals surface area contributed by atoms with Gasteiger partial charge in [-0.3, -0.25) is 0 Å². The van der Waals surface area contributed by atoms with E-state index < -0.39 is 0 Å². The van der Waals surface area contributed by atoms with Crippen LogP contribution >= 0.6 is 11.6 Å². The molecule has 0 saturated heterocycles. The second kappa shape index (κ2) is 9.20. The van der Waals surface area contributed by atoms with Crippen LogP contribution in [0.5, 0.6) is 5.75 Å². The van der Waals surface area contributed by atoms with E-state index >= 15 is 0 Å². The maximum Gasteiger partial charge on any atom is 0.138 e. The first-order chi connectivity index (χ1) is 8.74. The summed E-state index contributed by atoms with van der Waals surface area (Å²) in [6, 6.07) is 7.53. The molecule has 0 spiro atoms. The number of nitrogens with one attached hydrogen (secondary N) is 1. The zero-order valence-electron chi connectivity index (χ0n) is 11.1. The van der Waals surface area contributed by atoms with Gasteiger partial charge in [0.25, 0.3) is 0 Å². The van der Waals surface area contributed by atoms with Crippen molar-refractivity contribution >= 4 is 11.6 Å². The zero-order valence-corrected chi connectivity index (χ0v) is 11.9. The van der Waals surface area contributed by atoms with E-state index in [1.807, 2.05) is 38.1 Å². The van der Waals surface area contributed by atoms with Crippen LogP contribution in [-0.4, -0.2) is 32.4 Å². The highest BCUT2D eigenvalue weighted by molar-refractivity contribution is 6.32. The zero-order chi connectivity index (χ0) is 13.2. The highest BCUT2D eigenvalue weighted by Gasteiger charge is 2.06. The van der Waals surface area contributed by atoms with Gasteiger partial charge in [0, 0.05) is 19.8 Å². The second-order valence-corrected chi connectivity index (χ2v) is 4.52. The molecule has 0 radical (unpaired) electrons. The number of halogens is 1. The summed E-state index contributed by atoms with van der Waals surface area (Å²) in [7, 11) is 0. The Morgan fingerprint density at radius 1 is 1.33 bits per heavy atom. The lowest BCUT2D eigenvalue weighted by Gasteiger charge is -2.16. The Labute approximate surface area is 114 Å². The van der Waals surface area contributed by atoms with Crippen molar-refractivity contribution in [3.63, 3.8) is 0 Å². The summed E-state index contributed by atoms with van der Waals surface area (Å²) >= 11 is 6.02. The molecule has 0 saturated carbocycles. The Morgan fingerprint density at radius 3 is 2.83 bits per heavy atom. The lowest BCUT2D eigenvalue weighted by atomic mass is 10.3. The number of hydrogen-bond acceptors (Lipinski definition) is 3. The monoisotopic (exact) mass is 271 g/mol. The lowest BCUT2D eigenvalue weighted by Crippen LogP contribution is -2.30. The summed E-state index contributed by atoms with van der Waals surface area (Å²) in [6.07, 6.45) is 1.11. The number of para-hydroxylation sites is 1. The van der Waals surface area contributed by atoms with Crippen LogP contribution in [0.25, 0.3) is 0 Å². The molecule has 3 nitrogen and oxygen atoms in total. The smallest absolute Gasteiger partial charge is 0.138 e. The second-order valence-electron chi connectivity index (χ2n) is 4.11. The number of ether oxygens (including phenoxy) is 2. The molecule has 0 bridgehead atoms. The molecule has 0 aliphatic rings. The van der Waals surface area contributed by atoms with Gasteiger partial charge in [0.15, 0.2) is 0 Å². The molecule has 1 atom stereocenters. The quantitative estimate of drug-likeness (QED) is 0.700. The summed E-state index contributed by atoms with van der Waals surface area (Å²) in [5.74, 6) is 0.739. The van der Waals surface area contributed by atoms with Gasteiger partial charge in [-0.1, -0.05) is 23.7 Å². The van der Waals surface area contributed by atoms with E-state index in [1.54, 1.807) is 0 Å². The molecule has 1 unspecified atom stereocenters. The van der Waals surface area contributed by atoms with Crippen LogP contribution < -0.4 is 10.1 Å². The molecule has 1 N–H and O–H groups in total. The third kappa shape index (κ3) is 6.24. The minimum atomic E-state index is 0.0944. The summed E-state index contributed by atoms with van der Waals surface area (Å²) in [5, 5.41) is 3.99. The molecule has 102 valence electrons. The first-order valence-corrected chi connectivity index (χ1v) is 6.81. The van der Waals surface area contributed by atoms with Gasteiger partial charge < -0.3 is 14.8 Å². The van der Waals surface area contributed by atoms with Crippen molar-refractivity contribution in [2.75, 3.05) is 26.3 Å². The van der Waals surface area contributed by atoms with Crippen molar-refractivity contribution in [3.05, 3.63) is 29.3 Å². The van der Waals surface area contributed by atoms with E-state index in [9.17, 15) is 0 Å². The molecular weight excluding hydrogens is 250 g/mol. The van der Waals surface area contributed by atoms with Crippen LogP contribution in [-0.2, 0) is 4.74 Å². The molecule has 1 rings (SSSR count). The Bertz CT molecular complexity index is 333. The Balaban J connectivity index is 2.14. The summed E-state index contributed by atoms with van der Waals surface area (Å²) in [6.45, 7) is 7.37. The van der Waals surface area contributed by atoms with Crippen LogP contribution in [0.3, 0.4) is 0 Å². The van der Waals surface area contributed by atoms with Crippen molar-refractivity contribution in [1.82, 2.24) is 5.32 Å². The predicted molar refractivity (Wildman–Crippen MR) is 75.5 cm³/mol. The first kappa shape index (κ1) is 15.3. The van der Waals surface area contributed by atoms with E-state index in [0.717, 1.165) is 38.5 Å². The molecular formula is C14H22ClNO2. The van der Waals surface area contributed by atoms with Crippen LogP contribution in [0.4, 0.5) is 0 Å². The molecule has 1 aromatic rings. The maximum atomic E-state index is 6.02. The largest absolute Gasteiger partial charge is 0.488 e. The van der Waals surface area contributed by atoms with Gasteiger partial charge in [0.1, 0.15) is 11.9 Å². The molecule has 0 aliphatic heterocycles. The van der Waals surface area contributed by atoms with Gasteiger partial charge in [0.2, 0.25) is 0 Å². The molecule has 0 aliphatic carbocycles. The average Bonchev–Trinajstić information content (AvgIpc) is 2.36. The molecule has 0 aromatic heterocycles. The van der Waals surface area contributed by atoms with Gasteiger partial charge in [-0.25, -0.2) is 0 Å². The van der Waals surface area contributed by atoms with Gasteiger partial charge >= 0.3 is 0 Å². The minimum Gasteiger partial charge on any atom is -0.488 e. The molecule has 0 heterocycles. The van der Waals surface area contributed by atoms with Crippen LogP contribution in [0.1, 0.15) is 20.3 Å². The van der Waals surface area contributed by atoms with E-state index in [-0.39, 0.29) is 6.10 Å². The third-order valence-electron chi connectivity index (χ3n) is 2.44. The Kier molecular flexibility index (Phi) is 7.81. The van der Waals surface area contributed by atoms with Crippen molar-refractivity contribution in [2.45, 2.75) is 26.4 Å². The summed E-state index contributed by atoms with van der Waals surface area (Å²) in [4.78, 5) is 0. The van der Waals surface area contributed by atoms with Gasteiger partial charge in [-0.15, -0.1) is 0 Å². The van der Waals surface area contributed by atoms with Crippen molar-refractivity contribution in [3.8, 4) is 5.75 Å². The maximum absolute atomic E-state index is 6.02. The predicted octanol–water partition coefficient (Wildman–Crippen LogP) is 3.12. The van der Waals surface area contributed by atoms with E-state index in [2.05, 4.69) is 5.32 Å². The van der Waals surface area contributed by atoms with Gasteiger partial charge in [-0.05, 0) is 38.9 Å². The number of benzene rings is 1. The fraction of sp³-hybridized carbons (Fsp3) is 0.571. The normalized spacial score (nSPS) is 12.4. The van der Waals surface area contributed by atoms with E-state index in [1.165, 1.54) is 0 Å². The average molecular weight is 272 g/mol. The lowest BCUT2D eigenvalue weighted by molar-refractivity contribution is 0.143. The topological polar surface area (TPSA) is 30.5 Å². The molecule has 18 heavy (non-hydrogen) atoms. The minimum absolute atomic E-state index is 0.0944. The molecule has 0 amide bonds.